The van der Waals surface area contributed by atoms with Crippen molar-refractivity contribution in [3.63, 3.8) is 0 Å². The van der Waals surface area contributed by atoms with Crippen LogP contribution in [0.25, 0.3) is 0 Å². The van der Waals surface area contributed by atoms with Gasteiger partial charge in [-0.25, -0.2) is 4.98 Å². The van der Waals surface area contributed by atoms with E-state index >= 15 is 0 Å². The summed E-state index contributed by atoms with van der Waals surface area (Å²) in [5.74, 6) is -0.0166. The summed E-state index contributed by atoms with van der Waals surface area (Å²) in [7, 11) is 1.82. The number of fused-ring (bicyclic) bond motifs is 1. The number of hydrogen-bond donors (Lipinski definition) is 2. The molecule has 1 atom stereocenters. The molecule has 0 bridgehead atoms. The van der Waals surface area contributed by atoms with Gasteiger partial charge in [0.15, 0.2) is 0 Å². The van der Waals surface area contributed by atoms with Gasteiger partial charge in [-0.1, -0.05) is 24.3 Å². The number of allylic oxidation sites excluding steroid dienone is 1. The van der Waals surface area contributed by atoms with Crippen molar-refractivity contribution >= 4 is 17.7 Å². The molecule has 2 aromatic rings. The van der Waals surface area contributed by atoms with E-state index in [1.165, 1.54) is 0 Å². The summed E-state index contributed by atoms with van der Waals surface area (Å²) >= 11 is 0. The van der Waals surface area contributed by atoms with Crippen molar-refractivity contribution in [1.29, 1.82) is 0 Å². The predicted molar refractivity (Wildman–Crippen MR) is 122 cm³/mol. The number of rotatable bonds is 1. The summed E-state index contributed by atoms with van der Waals surface area (Å²) in [6.07, 6.45) is 8.96. The lowest BCUT2D eigenvalue weighted by molar-refractivity contribution is -0.133. The van der Waals surface area contributed by atoms with E-state index in [1.54, 1.807) is 40.2 Å². The fourth-order valence-corrected chi connectivity index (χ4v) is 4.36. The van der Waals surface area contributed by atoms with Crippen LogP contribution in [0.15, 0.2) is 48.9 Å². The van der Waals surface area contributed by atoms with Crippen LogP contribution in [0.2, 0.25) is 0 Å². The van der Waals surface area contributed by atoms with Crippen LogP contribution in [-0.4, -0.2) is 65.0 Å². The van der Waals surface area contributed by atoms with Gasteiger partial charge in [0, 0.05) is 39.4 Å². The summed E-state index contributed by atoms with van der Waals surface area (Å²) in [6.45, 7) is 1.77. The number of hydrogen-bond acceptors (Lipinski definition) is 5. The number of ether oxygens (including phenoxy) is 1. The quantitative estimate of drug-likeness (QED) is 0.640. The standard InChI is InChI=1S/C24H29N5O4/c1-28-15-19(27-17-28)22(31)29-13-6-10-24(16-29)9-4-5-14-33-20-8-3-2-7-18(20)21(30)25-11-12-26-23(24)32/h2-5,7-8,15,17H,6,9-14,16H2,1H3,(H,25,30)(H,26,32)/b5-4+. The first-order chi connectivity index (χ1) is 16.0. The number of aryl methyl sites for hydroxylation is 1. The van der Waals surface area contributed by atoms with Crippen LogP contribution in [0.1, 0.15) is 40.1 Å². The van der Waals surface area contributed by atoms with E-state index in [4.69, 9.17) is 4.74 Å². The molecule has 9 heteroatoms. The number of carbonyl (C=O) groups excluding carboxylic acids is 3. The molecule has 1 fully saturated rings. The number of nitrogens with zero attached hydrogens (tertiary/aromatic N) is 3. The molecular weight excluding hydrogens is 422 g/mol. The molecule has 174 valence electrons. The van der Waals surface area contributed by atoms with Crippen LogP contribution in [0.3, 0.4) is 0 Å². The number of benzene rings is 1. The summed E-state index contributed by atoms with van der Waals surface area (Å²) in [5.41, 5.74) is 0.0912. The zero-order chi connectivity index (χ0) is 23.3. The normalized spacial score (nSPS) is 23.0. The molecule has 2 aliphatic rings. The lowest BCUT2D eigenvalue weighted by Gasteiger charge is -2.41. The minimum Gasteiger partial charge on any atom is -0.489 e. The van der Waals surface area contributed by atoms with E-state index < -0.39 is 5.41 Å². The molecule has 1 unspecified atom stereocenters. The fourth-order valence-electron chi connectivity index (χ4n) is 4.36. The van der Waals surface area contributed by atoms with E-state index in [2.05, 4.69) is 15.6 Å². The lowest BCUT2D eigenvalue weighted by Crippen LogP contribution is -2.54. The Balaban J connectivity index is 1.52. The van der Waals surface area contributed by atoms with Crippen molar-refractivity contribution < 1.29 is 19.1 Å². The number of imidazole rings is 1. The van der Waals surface area contributed by atoms with Crippen molar-refractivity contribution in [3.8, 4) is 5.75 Å². The van der Waals surface area contributed by atoms with Gasteiger partial charge in [0.2, 0.25) is 5.91 Å². The van der Waals surface area contributed by atoms with Gasteiger partial charge in [-0.05, 0) is 31.4 Å². The zero-order valence-corrected chi connectivity index (χ0v) is 18.8. The number of amides is 3. The summed E-state index contributed by atoms with van der Waals surface area (Å²) < 4.78 is 7.53. The van der Waals surface area contributed by atoms with Crippen LogP contribution >= 0.6 is 0 Å². The molecule has 1 aromatic heterocycles. The molecule has 0 aliphatic carbocycles. The van der Waals surface area contributed by atoms with Crippen molar-refractivity contribution in [2.45, 2.75) is 19.3 Å². The minimum absolute atomic E-state index is 0.113. The van der Waals surface area contributed by atoms with Gasteiger partial charge in [-0.2, -0.15) is 0 Å². The van der Waals surface area contributed by atoms with Gasteiger partial charge in [-0.15, -0.1) is 0 Å². The van der Waals surface area contributed by atoms with E-state index in [-0.39, 0.29) is 24.3 Å². The SMILES string of the molecule is Cn1cnc(C(=O)N2CCCC3(C/C=C/COc4ccccc4C(=O)NCCNC3=O)C2)c1. The Morgan fingerprint density at radius 1 is 1.15 bits per heavy atom. The third-order valence-corrected chi connectivity index (χ3v) is 6.11. The molecule has 1 saturated heterocycles. The highest BCUT2D eigenvalue weighted by Crippen LogP contribution is 2.35. The second-order valence-corrected chi connectivity index (χ2v) is 8.53. The maximum atomic E-state index is 13.3. The molecule has 2 aliphatic heterocycles. The summed E-state index contributed by atoms with van der Waals surface area (Å²) in [6, 6.07) is 7.08. The van der Waals surface area contributed by atoms with E-state index in [1.807, 2.05) is 25.3 Å². The Bertz CT molecular complexity index is 1060. The van der Waals surface area contributed by atoms with Crippen LogP contribution in [0.4, 0.5) is 0 Å². The molecule has 1 aromatic carbocycles. The highest BCUT2D eigenvalue weighted by Gasteiger charge is 2.42. The first-order valence-electron chi connectivity index (χ1n) is 11.2. The van der Waals surface area contributed by atoms with Crippen LogP contribution in [0, 0.1) is 5.41 Å². The predicted octanol–water partition coefficient (Wildman–Crippen LogP) is 1.53. The molecule has 1 spiro atoms. The molecular formula is C24H29N5O4. The third kappa shape index (κ3) is 5.08. The van der Waals surface area contributed by atoms with Crippen LogP contribution in [-0.2, 0) is 11.8 Å². The highest BCUT2D eigenvalue weighted by atomic mass is 16.5. The van der Waals surface area contributed by atoms with Gasteiger partial charge in [-0.3, -0.25) is 14.4 Å². The molecule has 3 heterocycles. The molecule has 33 heavy (non-hydrogen) atoms. The third-order valence-electron chi connectivity index (χ3n) is 6.11. The van der Waals surface area contributed by atoms with Gasteiger partial charge in [0.25, 0.3) is 11.8 Å². The average Bonchev–Trinajstić information content (AvgIpc) is 3.27. The molecule has 2 N–H and O–H groups in total. The smallest absolute Gasteiger partial charge is 0.274 e. The monoisotopic (exact) mass is 451 g/mol. The number of para-hydroxylation sites is 1. The number of carbonyl (C=O) groups is 3. The topological polar surface area (TPSA) is 106 Å². The molecule has 0 saturated carbocycles. The second kappa shape index (κ2) is 9.89. The first-order valence-corrected chi connectivity index (χ1v) is 11.2. The Morgan fingerprint density at radius 2 is 1.97 bits per heavy atom. The molecule has 0 radical (unpaired) electrons. The highest BCUT2D eigenvalue weighted by molar-refractivity contribution is 5.97. The van der Waals surface area contributed by atoms with Crippen molar-refractivity contribution in [3.05, 3.63) is 60.2 Å². The lowest BCUT2D eigenvalue weighted by atomic mass is 9.76. The Kier molecular flexibility index (Phi) is 6.76. The largest absolute Gasteiger partial charge is 0.489 e. The number of piperidine rings is 1. The van der Waals surface area contributed by atoms with Gasteiger partial charge >= 0.3 is 0 Å². The van der Waals surface area contributed by atoms with Crippen LogP contribution < -0.4 is 15.4 Å². The second-order valence-electron chi connectivity index (χ2n) is 8.53. The van der Waals surface area contributed by atoms with Crippen molar-refractivity contribution in [1.82, 2.24) is 25.1 Å². The Labute approximate surface area is 192 Å². The van der Waals surface area contributed by atoms with Crippen molar-refractivity contribution in [2.75, 3.05) is 32.8 Å². The summed E-state index contributed by atoms with van der Waals surface area (Å²) in [4.78, 5) is 44.7. The Hall–Kier alpha value is -3.62. The van der Waals surface area contributed by atoms with Crippen LogP contribution in [0.5, 0.6) is 5.75 Å². The van der Waals surface area contributed by atoms with Crippen molar-refractivity contribution in [2.24, 2.45) is 12.5 Å². The molecule has 9 nitrogen and oxygen atoms in total. The fraction of sp³-hybridized carbons (Fsp3) is 0.417. The summed E-state index contributed by atoms with van der Waals surface area (Å²) in [5, 5.41) is 5.80. The maximum Gasteiger partial charge on any atom is 0.274 e. The van der Waals surface area contributed by atoms with Gasteiger partial charge in [0.1, 0.15) is 18.1 Å². The minimum atomic E-state index is -0.745. The van der Waals surface area contributed by atoms with E-state index in [9.17, 15) is 14.4 Å². The van der Waals surface area contributed by atoms with E-state index in [0.717, 1.165) is 6.42 Å². The zero-order valence-electron chi connectivity index (χ0n) is 18.8. The maximum absolute atomic E-state index is 13.3. The number of aromatic nitrogens is 2. The first kappa shape index (κ1) is 22.6. The number of nitrogens with one attached hydrogen (secondary N) is 2. The van der Waals surface area contributed by atoms with Gasteiger partial charge in [0.05, 0.1) is 17.3 Å². The molecule has 3 amide bonds. The Morgan fingerprint density at radius 3 is 2.79 bits per heavy atom. The van der Waals surface area contributed by atoms with E-state index in [0.29, 0.717) is 56.0 Å². The van der Waals surface area contributed by atoms with Gasteiger partial charge < -0.3 is 24.8 Å². The average molecular weight is 452 g/mol. The molecule has 4 rings (SSSR count). The number of likely N-dealkylation sites (tertiary alicyclic amines) is 1.